The third-order valence-corrected chi connectivity index (χ3v) is 5.01. The number of nitrogens with one attached hydrogen (secondary N) is 1. The van der Waals surface area contributed by atoms with Gasteiger partial charge in [0.15, 0.2) is 0 Å². The van der Waals surface area contributed by atoms with E-state index in [-0.39, 0.29) is 0 Å². The van der Waals surface area contributed by atoms with Gasteiger partial charge in [-0.05, 0) is 48.1 Å². The van der Waals surface area contributed by atoms with Crippen molar-refractivity contribution in [2.75, 3.05) is 20.2 Å². The lowest BCUT2D eigenvalue weighted by Gasteiger charge is -2.09. The summed E-state index contributed by atoms with van der Waals surface area (Å²) in [7, 11) is 1.72. The first-order valence-corrected chi connectivity index (χ1v) is 8.62. The number of amidine groups is 1. The fourth-order valence-electron chi connectivity index (χ4n) is 2.51. The van der Waals surface area contributed by atoms with Crippen molar-refractivity contribution in [1.29, 1.82) is 0 Å². The van der Waals surface area contributed by atoms with E-state index in [4.69, 9.17) is 4.74 Å². The second-order valence-electron chi connectivity index (χ2n) is 4.87. The van der Waals surface area contributed by atoms with Crippen LogP contribution in [0, 0.1) is 0 Å². The summed E-state index contributed by atoms with van der Waals surface area (Å²) in [4.78, 5) is 5.90. The average molecular weight is 365 g/mol. The largest absolute Gasteiger partial charge is 0.496 e. The van der Waals surface area contributed by atoms with Crippen LogP contribution >= 0.6 is 27.3 Å². The van der Waals surface area contributed by atoms with Crippen LogP contribution in [0.4, 0.5) is 0 Å². The summed E-state index contributed by atoms with van der Waals surface area (Å²) in [6.07, 6.45) is 1.96. The van der Waals surface area contributed by atoms with E-state index in [9.17, 15) is 0 Å². The minimum Gasteiger partial charge on any atom is -0.496 e. The Labute approximate surface area is 137 Å². The predicted molar refractivity (Wildman–Crippen MR) is 91.8 cm³/mol. The third kappa shape index (κ3) is 3.30. The Hall–Kier alpha value is -1.33. The van der Waals surface area contributed by atoms with Crippen molar-refractivity contribution in [2.45, 2.75) is 12.8 Å². The molecule has 5 heteroatoms. The van der Waals surface area contributed by atoms with Gasteiger partial charge >= 0.3 is 0 Å². The summed E-state index contributed by atoms with van der Waals surface area (Å²) in [5, 5.41) is 5.50. The first-order valence-electron chi connectivity index (χ1n) is 6.95. The lowest BCUT2D eigenvalue weighted by molar-refractivity contribution is 0.409. The number of benzene rings is 1. The highest BCUT2D eigenvalue weighted by Crippen LogP contribution is 2.26. The van der Waals surface area contributed by atoms with Gasteiger partial charge in [0.25, 0.3) is 0 Å². The highest BCUT2D eigenvalue weighted by atomic mass is 79.9. The summed E-state index contributed by atoms with van der Waals surface area (Å²) < 4.78 is 6.54. The maximum atomic E-state index is 5.45. The molecule has 0 spiro atoms. The molecular formula is C16H17BrN2OS. The van der Waals surface area contributed by atoms with Crippen LogP contribution in [0.1, 0.15) is 16.0 Å². The van der Waals surface area contributed by atoms with E-state index < -0.39 is 0 Å². The Morgan fingerprint density at radius 3 is 3.00 bits per heavy atom. The number of ether oxygens (including phenoxy) is 1. The van der Waals surface area contributed by atoms with E-state index in [0.29, 0.717) is 0 Å². The van der Waals surface area contributed by atoms with Gasteiger partial charge in [0.2, 0.25) is 0 Å². The van der Waals surface area contributed by atoms with Crippen molar-refractivity contribution >= 4 is 33.1 Å². The maximum absolute atomic E-state index is 5.45. The SMILES string of the molecule is COc1ccc(Br)cc1CCc1sccc1C1=NCCN1. The molecule has 0 atom stereocenters. The second kappa shape index (κ2) is 6.62. The number of hydrogen-bond acceptors (Lipinski definition) is 4. The van der Waals surface area contributed by atoms with Crippen LogP contribution in [0.15, 0.2) is 39.1 Å². The van der Waals surface area contributed by atoms with Crippen LogP contribution in [-0.2, 0) is 12.8 Å². The zero-order valence-electron chi connectivity index (χ0n) is 11.9. The zero-order valence-corrected chi connectivity index (χ0v) is 14.3. The summed E-state index contributed by atoms with van der Waals surface area (Å²) in [6, 6.07) is 8.32. The summed E-state index contributed by atoms with van der Waals surface area (Å²) >= 11 is 5.33. The van der Waals surface area contributed by atoms with E-state index in [2.05, 4.69) is 43.8 Å². The number of aryl methyl sites for hydroxylation is 2. The quantitative estimate of drug-likeness (QED) is 0.878. The van der Waals surface area contributed by atoms with Gasteiger partial charge in [-0.1, -0.05) is 15.9 Å². The number of hydrogen-bond donors (Lipinski definition) is 1. The van der Waals surface area contributed by atoms with Crippen molar-refractivity contribution < 1.29 is 4.74 Å². The molecule has 0 amide bonds. The topological polar surface area (TPSA) is 33.6 Å². The van der Waals surface area contributed by atoms with Crippen LogP contribution in [0.2, 0.25) is 0 Å². The first kappa shape index (κ1) is 14.6. The van der Waals surface area contributed by atoms with Gasteiger partial charge in [0.1, 0.15) is 11.6 Å². The monoisotopic (exact) mass is 364 g/mol. The molecule has 1 aromatic heterocycles. The molecule has 2 aromatic rings. The predicted octanol–water partition coefficient (Wildman–Crippen LogP) is 3.65. The molecule has 0 radical (unpaired) electrons. The zero-order chi connectivity index (χ0) is 14.7. The van der Waals surface area contributed by atoms with Gasteiger partial charge in [-0.25, -0.2) is 0 Å². The minimum atomic E-state index is 0.879. The van der Waals surface area contributed by atoms with Crippen LogP contribution in [0.5, 0.6) is 5.75 Å². The van der Waals surface area contributed by atoms with Crippen LogP contribution < -0.4 is 10.1 Å². The maximum Gasteiger partial charge on any atom is 0.129 e. The molecule has 0 unspecified atom stereocenters. The van der Waals surface area contributed by atoms with Crippen LogP contribution in [0.25, 0.3) is 0 Å². The Bertz CT molecular complexity index is 666. The number of nitrogens with zero attached hydrogens (tertiary/aromatic N) is 1. The smallest absolute Gasteiger partial charge is 0.129 e. The Kier molecular flexibility index (Phi) is 4.60. The van der Waals surface area contributed by atoms with Gasteiger partial charge in [0.05, 0.1) is 13.7 Å². The number of rotatable bonds is 5. The molecule has 1 aromatic carbocycles. The number of aliphatic imine (C=N–C) groups is 1. The third-order valence-electron chi connectivity index (χ3n) is 3.54. The number of thiophene rings is 1. The van der Waals surface area contributed by atoms with Crippen molar-refractivity contribution in [2.24, 2.45) is 4.99 Å². The molecule has 1 aliphatic heterocycles. The molecule has 0 fully saturated rings. The highest BCUT2D eigenvalue weighted by Gasteiger charge is 2.14. The molecule has 21 heavy (non-hydrogen) atoms. The Morgan fingerprint density at radius 2 is 2.24 bits per heavy atom. The summed E-state index contributed by atoms with van der Waals surface area (Å²) in [5.74, 6) is 2.00. The Morgan fingerprint density at radius 1 is 1.33 bits per heavy atom. The molecule has 0 saturated heterocycles. The van der Waals surface area contributed by atoms with Crippen molar-refractivity contribution in [1.82, 2.24) is 5.32 Å². The molecular weight excluding hydrogens is 348 g/mol. The van der Waals surface area contributed by atoms with Gasteiger partial charge < -0.3 is 10.1 Å². The molecule has 3 nitrogen and oxygen atoms in total. The van der Waals surface area contributed by atoms with E-state index in [1.165, 1.54) is 16.0 Å². The van der Waals surface area contributed by atoms with Crippen molar-refractivity contribution in [3.8, 4) is 5.75 Å². The van der Waals surface area contributed by atoms with Crippen LogP contribution in [0.3, 0.4) is 0 Å². The van der Waals surface area contributed by atoms with E-state index >= 15 is 0 Å². The molecule has 0 aliphatic carbocycles. The van der Waals surface area contributed by atoms with Crippen molar-refractivity contribution in [3.05, 3.63) is 50.1 Å². The van der Waals surface area contributed by atoms with Gasteiger partial charge in [-0.2, -0.15) is 0 Å². The van der Waals surface area contributed by atoms with Crippen LogP contribution in [-0.4, -0.2) is 26.0 Å². The van der Waals surface area contributed by atoms with E-state index in [1.807, 2.05) is 12.1 Å². The molecule has 110 valence electrons. The normalized spacial score (nSPS) is 13.9. The lowest BCUT2D eigenvalue weighted by atomic mass is 10.1. The lowest BCUT2D eigenvalue weighted by Crippen LogP contribution is -2.20. The van der Waals surface area contributed by atoms with Gasteiger partial charge in [0, 0.05) is 21.5 Å². The molecule has 1 aliphatic rings. The molecule has 2 heterocycles. The molecule has 0 bridgehead atoms. The summed E-state index contributed by atoms with van der Waals surface area (Å²) in [5.41, 5.74) is 2.49. The fourth-order valence-corrected chi connectivity index (χ4v) is 3.80. The van der Waals surface area contributed by atoms with Crippen molar-refractivity contribution in [3.63, 3.8) is 0 Å². The van der Waals surface area contributed by atoms with Gasteiger partial charge in [-0.15, -0.1) is 11.3 Å². The van der Waals surface area contributed by atoms with Gasteiger partial charge in [-0.3, -0.25) is 4.99 Å². The standard InChI is InChI=1S/C16H17BrN2OS/c1-20-14-4-3-12(17)10-11(14)2-5-15-13(6-9-21-15)16-18-7-8-19-16/h3-4,6,9-10H,2,5,7-8H2,1H3,(H,18,19). The fraction of sp³-hybridized carbons (Fsp3) is 0.312. The molecule has 1 N–H and O–H groups in total. The number of halogens is 1. The highest BCUT2D eigenvalue weighted by molar-refractivity contribution is 9.10. The molecule has 3 rings (SSSR count). The molecule has 0 saturated carbocycles. The first-order chi connectivity index (χ1) is 10.3. The average Bonchev–Trinajstić information content (AvgIpc) is 3.16. The summed E-state index contributed by atoms with van der Waals surface area (Å²) in [6.45, 7) is 1.83. The number of methoxy groups -OCH3 is 1. The second-order valence-corrected chi connectivity index (χ2v) is 6.79. The minimum absolute atomic E-state index is 0.879. The van der Waals surface area contributed by atoms with E-state index in [1.54, 1.807) is 18.4 Å². The Balaban J connectivity index is 1.77. The van der Waals surface area contributed by atoms with E-state index in [0.717, 1.165) is 42.0 Å².